The van der Waals surface area contributed by atoms with E-state index < -0.39 is 10.0 Å². The van der Waals surface area contributed by atoms with Crippen molar-refractivity contribution in [2.24, 2.45) is 5.73 Å². The molecule has 21 heavy (non-hydrogen) atoms. The maximum absolute atomic E-state index is 12.3. The van der Waals surface area contributed by atoms with Crippen LogP contribution in [0.2, 0.25) is 0 Å². The summed E-state index contributed by atoms with van der Waals surface area (Å²) in [6.07, 6.45) is 3.35. The molecule has 7 heteroatoms. The first-order valence-corrected chi connectivity index (χ1v) is 8.59. The average molecular weight is 370 g/mol. The van der Waals surface area contributed by atoms with Crippen LogP contribution in [-0.2, 0) is 23.1 Å². The van der Waals surface area contributed by atoms with Crippen molar-refractivity contribution >= 4 is 26.0 Å². The van der Waals surface area contributed by atoms with Crippen LogP contribution in [0.15, 0.2) is 46.0 Å². The van der Waals surface area contributed by atoms with Gasteiger partial charge in [-0.05, 0) is 57.7 Å². The fraction of sp³-hybridized carbons (Fsp3) is 0.214. The molecule has 0 bridgehead atoms. The van der Waals surface area contributed by atoms with Crippen LogP contribution in [0.1, 0.15) is 16.7 Å². The monoisotopic (exact) mass is 369 g/mol. The first-order chi connectivity index (χ1) is 9.94. The second-order valence-electron chi connectivity index (χ2n) is 4.60. The summed E-state index contributed by atoms with van der Waals surface area (Å²) in [4.78, 5) is 4.18. The van der Waals surface area contributed by atoms with Crippen molar-refractivity contribution in [2.45, 2.75) is 24.9 Å². The van der Waals surface area contributed by atoms with Crippen LogP contribution in [0.3, 0.4) is 0 Å². The van der Waals surface area contributed by atoms with Crippen LogP contribution < -0.4 is 10.5 Å². The van der Waals surface area contributed by atoms with Gasteiger partial charge in [-0.2, -0.15) is 0 Å². The molecule has 0 spiro atoms. The van der Waals surface area contributed by atoms with E-state index >= 15 is 0 Å². The molecule has 5 nitrogen and oxygen atoms in total. The lowest BCUT2D eigenvalue weighted by atomic mass is 10.2. The number of nitrogens with one attached hydrogen (secondary N) is 1. The molecule has 0 atom stereocenters. The van der Waals surface area contributed by atoms with Gasteiger partial charge in [0.25, 0.3) is 0 Å². The van der Waals surface area contributed by atoms with E-state index in [0.717, 1.165) is 16.7 Å². The van der Waals surface area contributed by atoms with Gasteiger partial charge in [-0.25, -0.2) is 13.1 Å². The molecule has 0 amide bonds. The molecule has 0 fully saturated rings. The largest absolute Gasteiger partial charge is 0.326 e. The third-order valence-corrected chi connectivity index (χ3v) is 5.49. The van der Waals surface area contributed by atoms with Gasteiger partial charge >= 0.3 is 0 Å². The highest BCUT2D eigenvalue weighted by molar-refractivity contribution is 9.10. The highest BCUT2D eigenvalue weighted by atomic mass is 79.9. The van der Waals surface area contributed by atoms with E-state index in [1.54, 1.807) is 36.7 Å². The van der Waals surface area contributed by atoms with Gasteiger partial charge in [0.1, 0.15) is 0 Å². The fourth-order valence-electron chi connectivity index (χ4n) is 1.84. The predicted molar refractivity (Wildman–Crippen MR) is 85.0 cm³/mol. The highest BCUT2D eigenvalue weighted by Crippen LogP contribution is 2.23. The minimum absolute atomic E-state index is 0.200. The Hall–Kier alpha value is -1.28. The number of aromatic nitrogens is 1. The fourth-order valence-corrected chi connectivity index (χ4v) is 3.97. The van der Waals surface area contributed by atoms with E-state index in [2.05, 4.69) is 25.6 Å². The molecule has 0 unspecified atom stereocenters. The third-order valence-electron chi connectivity index (χ3n) is 3.11. The zero-order valence-corrected chi connectivity index (χ0v) is 13.9. The normalized spacial score (nSPS) is 11.6. The maximum Gasteiger partial charge on any atom is 0.241 e. The molecule has 0 saturated heterocycles. The molecule has 0 saturated carbocycles. The quantitative estimate of drug-likeness (QED) is 0.844. The molecule has 3 N–H and O–H groups in total. The van der Waals surface area contributed by atoms with E-state index in [9.17, 15) is 8.42 Å². The van der Waals surface area contributed by atoms with Crippen molar-refractivity contribution in [3.05, 3.63) is 57.8 Å². The summed E-state index contributed by atoms with van der Waals surface area (Å²) in [5.41, 5.74) is 8.24. The van der Waals surface area contributed by atoms with Gasteiger partial charge in [-0.3, -0.25) is 4.98 Å². The van der Waals surface area contributed by atoms with Gasteiger partial charge in [0.15, 0.2) is 0 Å². The topological polar surface area (TPSA) is 85.1 Å². The number of pyridine rings is 1. The summed E-state index contributed by atoms with van der Waals surface area (Å²) in [5, 5.41) is 0. The molecule has 0 radical (unpaired) electrons. The molecule has 0 aliphatic rings. The number of halogens is 1. The van der Waals surface area contributed by atoms with Crippen molar-refractivity contribution < 1.29 is 8.42 Å². The van der Waals surface area contributed by atoms with Gasteiger partial charge in [-0.1, -0.05) is 6.07 Å². The van der Waals surface area contributed by atoms with Crippen LogP contribution in [0.25, 0.3) is 0 Å². The Morgan fingerprint density at radius 3 is 2.71 bits per heavy atom. The van der Waals surface area contributed by atoms with Crippen LogP contribution in [0.4, 0.5) is 0 Å². The zero-order valence-electron chi connectivity index (χ0n) is 11.5. The van der Waals surface area contributed by atoms with Crippen molar-refractivity contribution in [3.63, 3.8) is 0 Å². The summed E-state index contributed by atoms with van der Waals surface area (Å²) in [5.74, 6) is 0. The Balaban J connectivity index is 2.21. The molecule has 2 rings (SSSR count). The van der Waals surface area contributed by atoms with E-state index in [0.29, 0.717) is 11.0 Å². The van der Waals surface area contributed by atoms with E-state index in [4.69, 9.17) is 5.73 Å². The number of nitrogens with two attached hydrogens (primary N) is 1. The second-order valence-corrected chi connectivity index (χ2v) is 7.19. The molecule has 0 aliphatic carbocycles. The Morgan fingerprint density at radius 1 is 1.33 bits per heavy atom. The molecular formula is C14H16BrN3O2S. The summed E-state index contributed by atoms with van der Waals surface area (Å²) in [6.45, 7) is 2.48. The second kappa shape index (κ2) is 6.65. The lowest BCUT2D eigenvalue weighted by Crippen LogP contribution is -2.24. The van der Waals surface area contributed by atoms with Gasteiger partial charge in [0.2, 0.25) is 10.0 Å². The number of sulfonamides is 1. The lowest BCUT2D eigenvalue weighted by Gasteiger charge is -2.10. The smallest absolute Gasteiger partial charge is 0.241 e. The van der Waals surface area contributed by atoms with Crippen LogP contribution in [-0.4, -0.2) is 13.4 Å². The number of hydrogen-bond acceptors (Lipinski definition) is 4. The Morgan fingerprint density at radius 2 is 2.10 bits per heavy atom. The molecular weight excluding hydrogens is 354 g/mol. The Labute approximate surface area is 132 Å². The molecule has 2 aromatic rings. The number of rotatable bonds is 5. The molecule has 112 valence electrons. The van der Waals surface area contributed by atoms with Crippen molar-refractivity contribution in [2.75, 3.05) is 0 Å². The Kier molecular flexibility index (Phi) is 5.10. The predicted octanol–water partition coefficient (Wildman–Crippen LogP) is 2.09. The van der Waals surface area contributed by atoms with Crippen molar-refractivity contribution in [1.82, 2.24) is 9.71 Å². The molecule has 0 aliphatic heterocycles. The molecule has 1 heterocycles. The molecule has 1 aromatic heterocycles. The summed E-state index contributed by atoms with van der Waals surface area (Å²) in [6, 6.07) is 6.77. The van der Waals surface area contributed by atoms with E-state index in [1.165, 1.54) is 0 Å². The lowest BCUT2D eigenvalue weighted by molar-refractivity contribution is 0.580. The minimum Gasteiger partial charge on any atom is -0.326 e. The number of aryl methyl sites for hydroxylation is 1. The van der Waals surface area contributed by atoms with E-state index in [1.807, 2.05) is 6.92 Å². The summed E-state index contributed by atoms with van der Waals surface area (Å²) >= 11 is 3.28. The van der Waals surface area contributed by atoms with Gasteiger partial charge in [0, 0.05) is 30.0 Å². The summed E-state index contributed by atoms with van der Waals surface area (Å²) in [7, 11) is -3.59. The SMILES string of the molecule is Cc1cnccc1CNS(=O)(=O)c1ccc(CN)cc1Br. The zero-order chi connectivity index (χ0) is 15.5. The summed E-state index contributed by atoms with van der Waals surface area (Å²) < 4.78 is 27.8. The number of hydrogen-bond donors (Lipinski definition) is 2. The third kappa shape index (κ3) is 3.88. The minimum atomic E-state index is -3.59. The van der Waals surface area contributed by atoms with Crippen LogP contribution in [0.5, 0.6) is 0 Å². The standard InChI is InChI=1S/C14H16BrN3O2S/c1-10-8-17-5-4-12(10)9-18-21(19,20)14-3-2-11(7-16)6-13(14)15/h2-6,8,18H,7,9,16H2,1H3. The van der Waals surface area contributed by atoms with Gasteiger partial charge in [-0.15, -0.1) is 0 Å². The van der Waals surface area contributed by atoms with Gasteiger partial charge in [0.05, 0.1) is 4.90 Å². The Bertz CT molecular complexity index is 748. The van der Waals surface area contributed by atoms with Crippen molar-refractivity contribution in [3.8, 4) is 0 Å². The number of benzene rings is 1. The molecule has 1 aromatic carbocycles. The van der Waals surface area contributed by atoms with Crippen molar-refractivity contribution in [1.29, 1.82) is 0 Å². The first kappa shape index (κ1) is 16.1. The number of nitrogens with zero attached hydrogens (tertiary/aromatic N) is 1. The maximum atomic E-state index is 12.3. The van der Waals surface area contributed by atoms with Crippen LogP contribution >= 0.6 is 15.9 Å². The average Bonchev–Trinajstić information content (AvgIpc) is 2.46. The van der Waals surface area contributed by atoms with E-state index in [-0.39, 0.29) is 11.4 Å². The van der Waals surface area contributed by atoms with Crippen LogP contribution in [0, 0.1) is 6.92 Å². The first-order valence-electron chi connectivity index (χ1n) is 6.31. The highest BCUT2D eigenvalue weighted by Gasteiger charge is 2.17. The van der Waals surface area contributed by atoms with Gasteiger partial charge < -0.3 is 5.73 Å².